The minimum Gasteiger partial charge on any atom is -0.477 e. The Hall–Kier alpha value is -4.91. The minimum atomic E-state index is -3.70. The number of amides is 4. The molecule has 44 heteroatoms. The van der Waals surface area contributed by atoms with Crippen molar-refractivity contribution in [2.75, 3.05) is 39.6 Å². The molecule has 0 bridgehead atoms. The fourth-order valence-corrected chi connectivity index (χ4v) is 12.1. The molecule has 6 aliphatic rings. The molecular weight excluding hydrogens is 1330 g/mol. The van der Waals surface area contributed by atoms with Crippen molar-refractivity contribution >= 4 is 41.5 Å². The monoisotopic (exact) mass is 1420 g/mol. The van der Waals surface area contributed by atoms with Gasteiger partial charge in [0.1, 0.15) is 128 Å². The van der Waals surface area contributed by atoms with E-state index in [0.717, 1.165) is 27.7 Å². The number of ether oxygens (including phenoxy) is 11. The topological polar surface area (TPSA) is 714 Å². The number of nitrogens with one attached hydrogen (secondary N) is 4. The second kappa shape index (κ2) is 33.7. The summed E-state index contributed by atoms with van der Waals surface area (Å²) >= 11 is 0. The predicted molar refractivity (Wildman–Crippen MR) is 297 cm³/mol. The Labute approximate surface area is 547 Å². The second-order valence-corrected chi connectivity index (χ2v) is 24.0. The summed E-state index contributed by atoms with van der Waals surface area (Å²) in [6, 6.07) is -7.74. The second-order valence-electron chi connectivity index (χ2n) is 24.0. The summed E-state index contributed by atoms with van der Waals surface area (Å²) in [7, 11) is 0. The summed E-state index contributed by atoms with van der Waals surface area (Å²) in [6.45, 7) is -4.34. The Morgan fingerprint density at radius 3 is 1.29 bits per heavy atom. The van der Waals surface area contributed by atoms with E-state index >= 15 is 0 Å². The van der Waals surface area contributed by atoms with Crippen LogP contribution in [0.1, 0.15) is 47.0 Å². The lowest BCUT2D eigenvalue weighted by Crippen LogP contribution is -2.72. The highest BCUT2D eigenvalue weighted by molar-refractivity contribution is 5.78. The van der Waals surface area contributed by atoms with Gasteiger partial charge in [0.05, 0.1) is 76.1 Å². The summed E-state index contributed by atoms with van der Waals surface area (Å²) in [6.07, 6.45) is -64.5. The van der Waals surface area contributed by atoms with E-state index in [1.165, 1.54) is 0 Å². The highest BCUT2D eigenvalue weighted by Crippen LogP contribution is 2.43. The van der Waals surface area contributed by atoms with Crippen LogP contribution >= 0.6 is 0 Å². The maximum atomic E-state index is 14.1. The number of carbonyl (C=O) groups excluding carboxylic acids is 4. The zero-order chi connectivity index (χ0) is 72.8. The Balaban J connectivity index is 1.45. The maximum Gasteiger partial charge on any atom is 0.364 e. The molecule has 97 heavy (non-hydrogen) atoms. The first-order chi connectivity index (χ1) is 45.3. The molecule has 0 unspecified atom stereocenters. The van der Waals surface area contributed by atoms with Crippen LogP contribution in [0.2, 0.25) is 0 Å². The molecular formula is C53H86N4O40. The smallest absolute Gasteiger partial charge is 0.364 e. The van der Waals surface area contributed by atoms with E-state index in [0.29, 0.717) is 0 Å². The Morgan fingerprint density at radius 2 is 0.845 bits per heavy atom. The quantitative estimate of drug-likeness (QED) is 0.0331. The zero-order valence-corrected chi connectivity index (χ0v) is 51.9. The zero-order valence-electron chi connectivity index (χ0n) is 51.9. The molecule has 4 amide bonds. The highest BCUT2D eigenvalue weighted by atomic mass is 16.8. The lowest BCUT2D eigenvalue weighted by molar-refractivity contribution is -0.402. The summed E-state index contributed by atoms with van der Waals surface area (Å²) in [5, 5.41) is 250. The van der Waals surface area contributed by atoms with Crippen molar-refractivity contribution < 1.29 is 198 Å². The van der Waals surface area contributed by atoms with Gasteiger partial charge in [-0.3, -0.25) is 19.2 Å². The van der Waals surface area contributed by atoms with E-state index in [9.17, 15) is 146 Å². The molecule has 0 aromatic carbocycles. The summed E-state index contributed by atoms with van der Waals surface area (Å²) < 4.78 is 63.5. The first-order valence-electron chi connectivity index (χ1n) is 30.0. The van der Waals surface area contributed by atoms with E-state index in [1.54, 1.807) is 0 Å². The van der Waals surface area contributed by atoms with Gasteiger partial charge in [-0.1, -0.05) is 0 Å². The number of hydrogen-bond donors (Lipinski definition) is 26. The Morgan fingerprint density at radius 1 is 0.443 bits per heavy atom. The van der Waals surface area contributed by atoms with Crippen molar-refractivity contribution in [1.82, 2.24) is 21.3 Å². The summed E-state index contributed by atoms with van der Waals surface area (Å²) in [5.41, 5.74) is 0. The van der Waals surface area contributed by atoms with Crippen molar-refractivity contribution in [3.63, 3.8) is 0 Å². The molecule has 558 valence electrons. The van der Waals surface area contributed by atoms with Gasteiger partial charge >= 0.3 is 17.9 Å². The molecule has 0 aliphatic carbocycles. The normalized spacial score (nSPS) is 42.1. The lowest BCUT2D eigenvalue weighted by atomic mass is 9.87. The van der Waals surface area contributed by atoms with E-state index in [1.807, 2.05) is 0 Å². The largest absolute Gasteiger partial charge is 0.477 e. The van der Waals surface area contributed by atoms with Gasteiger partial charge in [0, 0.05) is 47.0 Å². The summed E-state index contributed by atoms with van der Waals surface area (Å²) in [4.78, 5) is 90.4. The van der Waals surface area contributed by atoms with E-state index in [4.69, 9.17) is 52.1 Å². The molecule has 26 N–H and O–H groups in total. The molecule has 0 saturated carbocycles. The first kappa shape index (κ1) is 81.1. The molecule has 0 aromatic rings. The number of carbonyl (C=O) groups is 7. The number of carboxylic acids is 3. The van der Waals surface area contributed by atoms with Crippen LogP contribution in [0.4, 0.5) is 0 Å². The average Bonchev–Trinajstić information content (AvgIpc) is 0.755. The Kier molecular flexibility index (Phi) is 28.2. The van der Waals surface area contributed by atoms with Gasteiger partial charge in [-0.05, 0) is 0 Å². The van der Waals surface area contributed by atoms with Crippen LogP contribution in [0, 0.1) is 0 Å². The Bertz CT molecular complexity index is 2680. The van der Waals surface area contributed by atoms with Crippen LogP contribution in [-0.2, 0) is 85.7 Å². The van der Waals surface area contributed by atoms with Gasteiger partial charge in [0.25, 0.3) is 17.4 Å². The van der Waals surface area contributed by atoms with Gasteiger partial charge in [0.15, 0.2) is 18.9 Å². The molecule has 6 saturated heterocycles. The van der Waals surface area contributed by atoms with Crippen molar-refractivity contribution in [2.45, 2.75) is 248 Å². The fourth-order valence-electron chi connectivity index (χ4n) is 12.1. The third-order valence-corrected chi connectivity index (χ3v) is 17.0. The van der Waals surface area contributed by atoms with Crippen LogP contribution < -0.4 is 21.3 Å². The van der Waals surface area contributed by atoms with Gasteiger partial charge in [-0.25, -0.2) is 14.4 Å². The van der Waals surface area contributed by atoms with E-state index in [2.05, 4.69) is 21.3 Å². The molecule has 6 fully saturated rings. The van der Waals surface area contributed by atoms with Crippen molar-refractivity contribution in [1.29, 1.82) is 0 Å². The molecule has 0 aromatic heterocycles. The van der Waals surface area contributed by atoms with Gasteiger partial charge in [-0.2, -0.15) is 0 Å². The molecule has 0 radical (unpaired) electrons. The maximum absolute atomic E-state index is 14.1. The number of aliphatic carboxylic acids is 3. The van der Waals surface area contributed by atoms with Gasteiger partial charge in [0.2, 0.25) is 23.6 Å². The number of aliphatic hydroxyl groups is 19. The van der Waals surface area contributed by atoms with Crippen molar-refractivity contribution in [3.8, 4) is 0 Å². The van der Waals surface area contributed by atoms with Gasteiger partial charge < -0.3 is 186 Å². The molecule has 6 heterocycles. The standard InChI is InChI=1S/C53H86N4O40/c1-14(63)54-27-18(67)5-51(48(81)82,94-41(27)31(72)21(70)8-58)87-13-26-33(74)35(76)30(57-17(4)66)46(90-26)92-40-25(12-62)89-47(91-39-24(11-61)88-45(80)37(78)36(39)77)38(79)44(40)97-53(50(85)86)7-20(69)29(56-16(3)65)43(96-53)34(75)23(10-60)93-52(49(83)84)6-19(68)28(55-15(2)64)42(95-52)32(73)22(71)9-59/h18-47,58-62,67-80H,5-13H2,1-4H3,(H,54,63)(H,55,64)(H,56,65)(H,57,66)(H,81,82)(H,83,84)(H,85,86)/t18-,19-,20-,21+,22+,23+,24+,25+,26+,27+,28+,29+,30+,31+,32+,33-,34+,35+,36+,37+,38+,39+,40-,41+,42+,43+,44+,45+,46-,47-,51+,52+,53-/m0/s1. The molecule has 44 nitrogen and oxygen atoms in total. The van der Waals surface area contributed by atoms with Crippen LogP contribution in [-0.4, -0.2) is 394 Å². The predicted octanol–water partition coefficient (Wildman–Crippen LogP) is -15.9. The fraction of sp³-hybridized carbons (Fsp3) is 0.868. The molecule has 33 atom stereocenters. The van der Waals surface area contributed by atoms with Crippen molar-refractivity contribution in [3.05, 3.63) is 0 Å². The highest BCUT2D eigenvalue weighted by Gasteiger charge is 2.64. The first-order valence-corrected chi connectivity index (χ1v) is 30.0. The van der Waals surface area contributed by atoms with Crippen LogP contribution in [0.25, 0.3) is 0 Å². The van der Waals surface area contributed by atoms with Crippen LogP contribution in [0.5, 0.6) is 0 Å². The van der Waals surface area contributed by atoms with E-state index < -0.39 is 301 Å². The average molecular weight is 1420 g/mol. The van der Waals surface area contributed by atoms with Crippen LogP contribution in [0.15, 0.2) is 0 Å². The number of rotatable bonds is 29. The van der Waals surface area contributed by atoms with Crippen LogP contribution in [0.3, 0.4) is 0 Å². The minimum absolute atomic E-state index is 0.829. The SMILES string of the molecule is CC(=O)N[C@H]1[C@H](O[C@@H]2[C@H](O[C@]3(C(=O)O)C[C@H](O)[C@@H](NC(C)=O)[C@H]([C@H](O)[C@@H](CO)O[C@]4(C(=O)O)C[C@H](O)[C@@H](NC(C)=O)[C@H]([C@H](O)[C@H](O)CO)O4)O3)[C@@H](O)[C@H](O[C@H]3[C@H](O)[C@@H](O)[C@H](O)O[C@@H]3CO)O[C@@H]2CO)O[C@H](CO[C@]2(C(=O)O)C[C@H](O)[C@@H](NC(C)=O)[C@H]([C@H](O)[C@H](O)CO)O2)[C@H](O)[C@@H]1O. The van der Waals surface area contributed by atoms with E-state index in [-0.39, 0.29) is 0 Å². The molecule has 0 spiro atoms. The third-order valence-electron chi connectivity index (χ3n) is 17.0. The lowest BCUT2D eigenvalue weighted by Gasteiger charge is -2.52. The molecule has 6 rings (SSSR count). The third kappa shape index (κ3) is 17.9. The molecule has 6 aliphatic heterocycles. The van der Waals surface area contributed by atoms with Gasteiger partial charge in [-0.15, -0.1) is 0 Å². The number of hydrogen-bond acceptors (Lipinski definition) is 37. The number of aliphatic hydroxyl groups excluding tert-OH is 19. The number of carboxylic acid groups (broad SMARTS) is 3. The summed E-state index contributed by atoms with van der Waals surface area (Å²) in [5.74, 6) is -20.9. The van der Waals surface area contributed by atoms with Crippen molar-refractivity contribution in [2.24, 2.45) is 0 Å².